The van der Waals surface area contributed by atoms with Gasteiger partial charge in [-0.25, -0.2) is 0 Å². The van der Waals surface area contributed by atoms with E-state index < -0.39 is 0 Å². The maximum Gasteiger partial charge on any atom is 0.249 e. The van der Waals surface area contributed by atoms with E-state index in [9.17, 15) is 4.79 Å². The third-order valence-corrected chi connectivity index (χ3v) is 4.68. The highest BCUT2D eigenvalue weighted by molar-refractivity contribution is 7.10. The lowest BCUT2D eigenvalue weighted by molar-refractivity contribution is 0.0694. The smallest absolute Gasteiger partial charge is 0.249 e. The molecule has 2 unspecified atom stereocenters. The van der Waals surface area contributed by atoms with Crippen LogP contribution in [-0.2, 0) is 6.54 Å². The number of nitrogens with one attached hydrogen (secondary N) is 1. The van der Waals surface area contributed by atoms with Gasteiger partial charge in [0.1, 0.15) is 0 Å². The second-order valence-corrected chi connectivity index (χ2v) is 5.93. The lowest BCUT2D eigenvalue weighted by Gasteiger charge is -2.45. The maximum absolute atomic E-state index is 11.0. The van der Waals surface area contributed by atoms with Gasteiger partial charge >= 0.3 is 0 Å². The van der Waals surface area contributed by atoms with Crippen LogP contribution in [0.1, 0.15) is 28.1 Å². The van der Waals surface area contributed by atoms with Gasteiger partial charge in [0.15, 0.2) is 0 Å². The Kier molecular flexibility index (Phi) is 2.90. The number of hydrogen-bond acceptors (Lipinski definition) is 4. The van der Waals surface area contributed by atoms with Crippen molar-refractivity contribution in [1.82, 2.24) is 10.2 Å². The standard InChI is InChI=1S/C12H17N3OS/c13-12(16)8-3-11(17-7-8)6-15-5-9-1-2-10(15)4-14-9/h3,7,9-10,14H,1-2,4-6H2,(H2,13,16). The lowest BCUT2D eigenvalue weighted by atomic mass is 9.93. The van der Waals surface area contributed by atoms with Gasteiger partial charge in [-0.15, -0.1) is 11.3 Å². The highest BCUT2D eigenvalue weighted by Gasteiger charge is 2.33. The number of carbonyl (C=O) groups excluding carboxylic acids is 1. The van der Waals surface area contributed by atoms with E-state index >= 15 is 0 Å². The van der Waals surface area contributed by atoms with Crippen LogP contribution in [0.4, 0.5) is 0 Å². The number of nitrogens with zero attached hydrogens (tertiary/aromatic N) is 1. The molecule has 0 aliphatic carbocycles. The topological polar surface area (TPSA) is 58.4 Å². The van der Waals surface area contributed by atoms with Crippen molar-refractivity contribution in [2.24, 2.45) is 5.73 Å². The van der Waals surface area contributed by atoms with Crippen LogP contribution in [0.25, 0.3) is 0 Å². The van der Waals surface area contributed by atoms with Crippen molar-refractivity contribution in [3.63, 3.8) is 0 Å². The number of carbonyl (C=O) groups is 1. The second kappa shape index (κ2) is 4.40. The predicted molar refractivity (Wildman–Crippen MR) is 68.1 cm³/mol. The van der Waals surface area contributed by atoms with Crippen LogP contribution in [0, 0.1) is 0 Å². The van der Waals surface area contributed by atoms with Crippen LogP contribution in [-0.4, -0.2) is 36.0 Å². The molecule has 3 saturated heterocycles. The molecule has 3 N–H and O–H groups in total. The van der Waals surface area contributed by atoms with E-state index in [0.29, 0.717) is 17.6 Å². The molecule has 4 heterocycles. The SMILES string of the molecule is NC(=O)c1csc(CN2CC3CCC2CN3)c1. The summed E-state index contributed by atoms with van der Waals surface area (Å²) in [6.45, 7) is 3.20. The average Bonchev–Trinajstić information content (AvgIpc) is 2.79. The van der Waals surface area contributed by atoms with Crippen molar-refractivity contribution in [3.05, 3.63) is 21.9 Å². The summed E-state index contributed by atoms with van der Waals surface area (Å²) in [6.07, 6.45) is 2.60. The Morgan fingerprint density at radius 2 is 2.47 bits per heavy atom. The van der Waals surface area contributed by atoms with Gasteiger partial charge in [-0.2, -0.15) is 0 Å². The van der Waals surface area contributed by atoms with Crippen LogP contribution in [0.3, 0.4) is 0 Å². The van der Waals surface area contributed by atoms with Gasteiger partial charge in [0, 0.05) is 42.0 Å². The van der Waals surface area contributed by atoms with E-state index in [4.69, 9.17) is 5.73 Å². The average molecular weight is 251 g/mol. The van der Waals surface area contributed by atoms with E-state index in [1.807, 2.05) is 11.4 Å². The molecule has 0 spiro atoms. The van der Waals surface area contributed by atoms with Gasteiger partial charge in [0.05, 0.1) is 5.56 Å². The zero-order chi connectivity index (χ0) is 11.8. The molecule has 92 valence electrons. The molecule has 1 aromatic rings. The fraction of sp³-hybridized carbons (Fsp3) is 0.583. The summed E-state index contributed by atoms with van der Waals surface area (Å²) in [5, 5.41) is 5.40. The Morgan fingerprint density at radius 3 is 3.00 bits per heavy atom. The predicted octanol–water partition coefficient (Wildman–Crippen LogP) is 0.783. The van der Waals surface area contributed by atoms with Crippen LogP contribution in [0.15, 0.2) is 11.4 Å². The molecule has 3 aliphatic heterocycles. The quantitative estimate of drug-likeness (QED) is 0.835. The Hall–Kier alpha value is -0.910. The van der Waals surface area contributed by atoms with E-state index in [2.05, 4.69) is 10.2 Å². The normalized spacial score (nSPS) is 28.5. The summed E-state index contributed by atoms with van der Waals surface area (Å²) >= 11 is 1.64. The Labute approximate surface area is 105 Å². The number of fused-ring (bicyclic) bond motifs is 3. The number of hydrogen-bond donors (Lipinski definition) is 2. The summed E-state index contributed by atoms with van der Waals surface area (Å²) in [4.78, 5) is 14.8. The molecule has 17 heavy (non-hydrogen) atoms. The Morgan fingerprint density at radius 1 is 1.59 bits per heavy atom. The molecule has 5 heteroatoms. The van der Waals surface area contributed by atoms with E-state index in [0.717, 1.165) is 19.6 Å². The Balaban J connectivity index is 1.68. The van der Waals surface area contributed by atoms with Gasteiger partial charge in [-0.1, -0.05) is 0 Å². The minimum Gasteiger partial charge on any atom is -0.366 e. The van der Waals surface area contributed by atoms with Crippen LogP contribution in [0.5, 0.6) is 0 Å². The number of piperidine rings is 2. The van der Waals surface area contributed by atoms with Gasteiger partial charge in [-0.05, 0) is 18.9 Å². The van der Waals surface area contributed by atoms with Crippen molar-refractivity contribution in [3.8, 4) is 0 Å². The van der Waals surface area contributed by atoms with Crippen molar-refractivity contribution in [1.29, 1.82) is 0 Å². The first-order valence-corrected chi connectivity index (χ1v) is 6.95. The maximum atomic E-state index is 11.0. The zero-order valence-electron chi connectivity index (χ0n) is 9.69. The number of thiophene rings is 1. The molecule has 0 aromatic carbocycles. The van der Waals surface area contributed by atoms with E-state index in [1.165, 1.54) is 17.7 Å². The number of primary amides is 1. The lowest BCUT2D eigenvalue weighted by Crippen LogP contribution is -2.60. The minimum absolute atomic E-state index is 0.325. The highest BCUT2D eigenvalue weighted by atomic mass is 32.1. The molecule has 4 nitrogen and oxygen atoms in total. The van der Waals surface area contributed by atoms with E-state index in [1.54, 1.807) is 11.3 Å². The van der Waals surface area contributed by atoms with Gasteiger partial charge in [0.2, 0.25) is 5.91 Å². The third-order valence-electron chi connectivity index (χ3n) is 3.76. The molecule has 0 radical (unpaired) electrons. The molecule has 1 aromatic heterocycles. The van der Waals surface area contributed by atoms with Crippen LogP contribution >= 0.6 is 11.3 Å². The monoisotopic (exact) mass is 251 g/mol. The molecule has 4 rings (SSSR count). The summed E-state index contributed by atoms with van der Waals surface area (Å²) < 4.78 is 0. The highest BCUT2D eigenvalue weighted by Crippen LogP contribution is 2.25. The fourth-order valence-electron chi connectivity index (χ4n) is 2.79. The first-order valence-electron chi connectivity index (χ1n) is 6.07. The number of nitrogens with two attached hydrogens (primary N) is 1. The van der Waals surface area contributed by atoms with Crippen molar-refractivity contribution in [2.45, 2.75) is 31.5 Å². The molecule has 0 saturated carbocycles. The van der Waals surface area contributed by atoms with Crippen molar-refractivity contribution >= 4 is 17.2 Å². The molecule has 2 atom stereocenters. The van der Waals surface area contributed by atoms with Gasteiger partial charge in [-0.3, -0.25) is 9.69 Å². The molecular weight excluding hydrogens is 234 g/mol. The summed E-state index contributed by atoms with van der Waals surface area (Å²) in [5.74, 6) is -0.325. The van der Waals surface area contributed by atoms with Gasteiger partial charge < -0.3 is 11.1 Å². The van der Waals surface area contributed by atoms with Crippen molar-refractivity contribution < 1.29 is 4.79 Å². The van der Waals surface area contributed by atoms with Gasteiger partial charge in [0.25, 0.3) is 0 Å². The molecule has 2 bridgehead atoms. The second-order valence-electron chi connectivity index (χ2n) is 4.93. The van der Waals surface area contributed by atoms with Crippen molar-refractivity contribution in [2.75, 3.05) is 13.1 Å². The zero-order valence-corrected chi connectivity index (χ0v) is 10.5. The van der Waals surface area contributed by atoms with Crippen LogP contribution in [0.2, 0.25) is 0 Å². The number of rotatable bonds is 3. The first kappa shape index (κ1) is 11.2. The summed E-state index contributed by atoms with van der Waals surface area (Å²) in [5.41, 5.74) is 5.91. The summed E-state index contributed by atoms with van der Waals surface area (Å²) in [6, 6.07) is 3.26. The summed E-state index contributed by atoms with van der Waals surface area (Å²) in [7, 11) is 0. The minimum atomic E-state index is -0.325. The molecule has 3 aliphatic rings. The van der Waals surface area contributed by atoms with Crippen LogP contribution < -0.4 is 11.1 Å². The molecule has 1 amide bonds. The number of amides is 1. The molecule has 3 fully saturated rings. The third kappa shape index (κ3) is 2.22. The Bertz CT molecular complexity index is 423. The van der Waals surface area contributed by atoms with E-state index in [-0.39, 0.29) is 5.91 Å². The fourth-order valence-corrected chi connectivity index (χ4v) is 3.68. The molecular formula is C12H17N3OS. The largest absolute Gasteiger partial charge is 0.366 e. The number of piperazine rings is 1. The first-order chi connectivity index (χ1) is 8.22.